The zero-order chi connectivity index (χ0) is 13.3. The van der Waals surface area contributed by atoms with Gasteiger partial charge in [-0.25, -0.2) is 0 Å². The Labute approximate surface area is 106 Å². The van der Waals surface area contributed by atoms with Crippen molar-refractivity contribution in [1.29, 1.82) is 0 Å². The third kappa shape index (κ3) is 2.01. The SMILES string of the molecule is Cn1nc(C(C)(C)C(=O)O)cc1-c1ccccc1. The second kappa shape index (κ2) is 4.29. The molecule has 2 aromatic rings. The van der Waals surface area contributed by atoms with E-state index in [-0.39, 0.29) is 0 Å². The number of aliphatic carboxylic acids is 1. The van der Waals surface area contributed by atoms with E-state index in [4.69, 9.17) is 0 Å². The molecule has 0 atom stereocenters. The Morgan fingerprint density at radius 1 is 1.28 bits per heavy atom. The molecular weight excluding hydrogens is 228 g/mol. The molecule has 1 heterocycles. The first-order valence-corrected chi connectivity index (χ1v) is 5.76. The molecule has 0 bridgehead atoms. The van der Waals surface area contributed by atoms with Crippen LogP contribution in [0.2, 0.25) is 0 Å². The highest BCUT2D eigenvalue weighted by Gasteiger charge is 2.32. The number of carboxylic acid groups (broad SMARTS) is 1. The summed E-state index contributed by atoms with van der Waals surface area (Å²) >= 11 is 0. The Morgan fingerprint density at radius 2 is 1.89 bits per heavy atom. The number of aryl methyl sites for hydroxylation is 1. The van der Waals surface area contributed by atoms with Crippen molar-refractivity contribution in [2.24, 2.45) is 7.05 Å². The molecule has 0 aliphatic rings. The van der Waals surface area contributed by atoms with E-state index in [1.165, 1.54) is 0 Å². The fourth-order valence-electron chi connectivity index (χ4n) is 1.76. The molecule has 0 saturated heterocycles. The van der Waals surface area contributed by atoms with Crippen molar-refractivity contribution in [2.75, 3.05) is 0 Å². The fourth-order valence-corrected chi connectivity index (χ4v) is 1.76. The molecule has 18 heavy (non-hydrogen) atoms. The van der Waals surface area contributed by atoms with Crippen LogP contribution in [0, 0.1) is 0 Å². The first-order valence-electron chi connectivity index (χ1n) is 5.76. The highest BCUT2D eigenvalue weighted by Crippen LogP contribution is 2.27. The van der Waals surface area contributed by atoms with Gasteiger partial charge in [0.05, 0.1) is 11.4 Å². The van der Waals surface area contributed by atoms with Gasteiger partial charge in [-0.05, 0) is 25.5 Å². The van der Waals surface area contributed by atoms with E-state index in [1.807, 2.05) is 43.4 Å². The lowest BCUT2D eigenvalue weighted by Crippen LogP contribution is -2.29. The summed E-state index contributed by atoms with van der Waals surface area (Å²) in [6.45, 7) is 3.32. The van der Waals surface area contributed by atoms with E-state index in [9.17, 15) is 9.90 Å². The molecule has 0 aliphatic heterocycles. The summed E-state index contributed by atoms with van der Waals surface area (Å²) in [5.74, 6) is -0.875. The van der Waals surface area contributed by atoms with E-state index >= 15 is 0 Å². The molecule has 94 valence electrons. The van der Waals surface area contributed by atoms with Crippen LogP contribution in [-0.4, -0.2) is 20.9 Å². The van der Waals surface area contributed by atoms with Crippen LogP contribution >= 0.6 is 0 Å². The van der Waals surface area contributed by atoms with Crippen LogP contribution in [0.5, 0.6) is 0 Å². The highest BCUT2D eigenvalue weighted by molar-refractivity contribution is 5.80. The van der Waals surface area contributed by atoms with Gasteiger partial charge in [-0.3, -0.25) is 9.48 Å². The lowest BCUT2D eigenvalue weighted by atomic mass is 9.89. The minimum Gasteiger partial charge on any atom is -0.481 e. The van der Waals surface area contributed by atoms with Gasteiger partial charge in [-0.15, -0.1) is 0 Å². The van der Waals surface area contributed by atoms with Crippen molar-refractivity contribution < 1.29 is 9.90 Å². The van der Waals surface area contributed by atoms with E-state index in [0.717, 1.165) is 11.3 Å². The Hall–Kier alpha value is -2.10. The molecule has 4 heteroatoms. The Morgan fingerprint density at radius 3 is 2.44 bits per heavy atom. The molecule has 1 aromatic heterocycles. The van der Waals surface area contributed by atoms with Gasteiger partial charge in [-0.2, -0.15) is 5.10 Å². The second-order valence-corrected chi connectivity index (χ2v) is 4.83. The van der Waals surface area contributed by atoms with E-state index in [2.05, 4.69) is 5.10 Å². The van der Waals surface area contributed by atoms with Crippen LogP contribution in [0.25, 0.3) is 11.3 Å². The van der Waals surface area contributed by atoms with Gasteiger partial charge < -0.3 is 5.11 Å². The smallest absolute Gasteiger partial charge is 0.315 e. The van der Waals surface area contributed by atoms with Crippen molar-refractivity contribution in [1.82, 2.24) is 9.78 Å². The van der Waals surface area contributed by atoms with Crippen LogP contribution in [0.4, 0.5) is 0 Å². The third-order valence-corrected chi connectivity index (χ3v) is 3.12. The molecular formula is C14H16N2O2. The Kier molecular flexibility index (Phi) is 2.95. The fraction of sp³-hybridized carbons (Fsp3) is 0.286. The molecule has 0 aliphatic carbocycles. The van der Waals surface area contributed by atoms with Crippen LogP contribution in [-0.2, 0) is 17.3 Å². The predicted octanol–water partition coefficient (Wildman–Crippen LogP) is 2.45. The van der Waals surface area contributed by atoms with Crippen molar-refractivity contribution in [3.63, 3.8) is 0 Å². The average molecular weight is 244 g/mol. The number of hydrogen-bond donors (Lipinski definition) is 1. The maximum absolute atomic E-state index is 11.2. The molecule has 4 nitrogen and oxygen atoms in total. The summed E-state index contributed by atoms with van der Waals surface area (Å²) in [7, 11) is 1.82. The minimum absolute atomic E-state index is 0.566. The standard InChI is InChI=1S/C14H16N2O2/c1-14(2,13(17)18)12-9-11(16(3)15-12)10-7-5-4-6-8-10/h4-9H,1-3H3,(H,17,18). The molecule has 0 spiro atoms. The van der Waals surface area contributed by atoms with Gasteiger partial charge in [0.15, 0.2) is 0 Å². The van der Waals surface area contributed by atoms with Crippen molar-refractivity contribution in [3.05, 3.63) is 42.1 Å². The maximum Gasteiger partial charge on any atom is 0.315 e. The van der Waals surface area contributed by atoms with Crippen LogP contribution in [0.15, 0.2) is 36.4 Å². The Bertz CT molecular complexity index is 571. The van der Waals surface area contributed by atoms with Gasteiger partial charge >= 0.3 is 5.97 Å². The van der Waals surface area contributed by atoms with Gasteiger partial charge in [0.25, 0.3) is 0 Å². The lowest BCUT2D eigenvalue weighted by molar-refractivity contribution is -0.142. The lowest BCUT2D eigenvalue weighted by Gasteiger charge is -2.15. The molecule has 0 unspecified atom stereocenters. The summed E-state index contributed by atoms with van der Waals surface area (Å²) in [5, 5.41) is 13.5. The van der Waals surface area contributed by atoms with Crippen molar-refractivity contribution >= 4 is 5.97 Å². The second-order valence-electron chi connectivity index (χ2n) is 4.83. The number of aromatic nitrogens is 2. The molecule has 0 saturated carbocycles. The average Bonchev–Trinajstić information content (AvgIpc) is 2.73. The minimum atomic E-state index is -0.981. The summed E-state index contributed by atoms with van der Waals surface area (Å²) in [5.41, 5.74) is 1.53. The number of carboxylic acids is 1. The van der Waals surface area contributed by atoms with Gasteiger partial charge in [-0.1, -0.05) is 30.3 Å². The number of carbonyl (C=O) groups is 1. The number of benzene rings is 1. The first-order chi connectivity index (χ1) is 8.43. The van der Waals surface area contributed by atoms with Crippen molar-refractivity contribution in [3.8, 4) is 11.3 Å². The molecule has 1 aromatic carbocycles. The molecule has 2 rings (SSSR count). The number of nitrogens with zero attached hydrogens (tertiary/aromatic N) is 2. The number of hydrogen-bond acceptors (Lipinski definition) is 2. The number of rotatable bonds is 3. The summed E-state index contributed by atoms with van der Waals surface area (Å²) in [6.07, 6.45) is 0. The van der Waals surface area contributed by atoms with E-state index < -0.39 is 11.4 Å². The monoisotopic (exact) mass is 244 g/mol. The van der Waals surface area contributed by atoms with Crippen LogP contribution in [0.1, 0.15) is 19.5 Å². The van der Waals surface area contributed by atoms with Gasteiger partial charge in [0.2, 0.25) is 0 Å². The third-order valence-electron chi connectivity index (χ3n) is 3.12. The van der Waals surface area contributed by atoms with E-state index in [1.54, 1.807) is 18.5 Å². The molecule has 0 radical (unpaired) electrons. The molecule has 0 fully saturated rings. The summed E-state index contributed by atoms with van der Waals surface area (Å²) in [6, 6.07) is 11.6. The van der Waals surface area contributed by atoms with Crippen LogP contribution in [0.3, 0.4) is 0 Å². The normalized spacial score (nSPS) is 11.5. The van der Waals surface area contributed by atoms with Gasteiger partial charge in [0, 0.05) is 7.05 Å². The van der Waals surface area contributed by atoms with E-state index in [0.29, 0.717) is 5.69 Å². The first kappa shape index (κ1) is 12.4. The van der Waals surface area contributed by atoms with Crippen LogP contribution < -0.4 is 0 Å². The highest BCUT2D eigenvalue weighted by atomic mass is 16.4. The topological polar surface area (TPSA) is 55.1 Å². The summed E-state index contributed by atoms with van der Waals surface area (Å²) in [4.78, 5) is 11.2. The largest absolute Gasteiger partial charge is 0.481 e. The molecule has 0 amide bonds. The zero-order valence-corrected chi connectivity index (χ0v) is 10.7. The predicted molar refractivity (Wildman–Crippen MR) is 69.3 cm³/mol. The summed E-state index contributed by atoms with van der Waals surface area (Å²) < 4.78 is 1.72. The zero-order valence-electron chi connectivity index (χ0n) is 10.7. The van der Waals surface area contributed by atoms with Gasteiger partial charge in [0.1, 0.15) is 5.41 Å². The Balaban J connectivity index is 2.49. The molecule has 1 N–H and O–H groups in total. The van der Waals surface area contributed by atoms with Crippen molar-refractivity contribution in [2.45, 2.75) is 19.3 Å². The maximum atomic E-state index is 11.2. The quantitative estimate of drug-likeness (QED) is 0.902.